The molecule has 0 bridgehead atoms. The lowest BCUT2D eigenvalue weighted by atomic mass is 10.2. The molecule has 1 rings (SSSR count). The average Bonchev–Trinajstić information content (AvgIpc) is 2.22. The van der Waals surface area contributed by atoms with Crippen molar-refractivity contribution < 1.29 is 4.39 Å². The maximum Gasteiger partial charge on any atom is 0.191 e. The Bertz CT molecular complexity index is 338. The Labute approximate surface area is 113 Å². The summed E-state index contributed by atoms with van der Waals surface area (Å²) in [6, 6.07) is 6.36. The molecule has 1 aromatic carbocycles. The summed E-state index contributed by atoms with van der Waals surface area (Å²) in [5.41, 5.74) is 6.71. The van der Waals surface area contributed by atoms with Gasteiger partial charge in [-0.05, 0) is 24.6 Å². The molecule has 90 valence electrons. The Morgan fingerprint density at radius 1 is 1.38 bits per heavy atom. The predicted molar refractivity (Wildman–Crippen MR) is 75.4 cm³/mol. The number of nitrogens with zero attached hydrogens (tertiary/aromatic N) is 2. The minimum absolute atomic E-state index is 0. The van der Waals surface area contributed by atoms with Crippen LogP contribution in [0.5, 0.6) is 0 Å². The van der Waals surface area contributed by atoms with Gasteiger partial charge in [0, 0.05) is 20.1 Å². The van der Waals surface area contributed by atoms with Crippen molar-refractivity contribution in [1.29, 1.82) is 0 Å². The van der Waals surface area contributed by atoms with E-state index in [4.69, 9.17) is 5.73 Å². The zero-order valence-corrected chi connectivity index (χ0v) is 11.8. The van der Waals surface area contributed by atoms with Gasteiger partial charge in [-0.2, -0.15) is 0 Å². The molecular weight excluding hydrogens is 320 g/mol. The molecule has 0 fully saturated rings. The molecule has 0 heterocycles. The molecule has 0 aliphatic carbocycles. The molecule has 0 amide bonds. The summed E-state index contributed by atoms with van der Waals surface area (Å²) in [5, 5.41) is 0. The van der Waals surface area contributed by atoms with Crippen LogP contribution in [0.2, 0.25) is 0 Å². The molecule has 5 heteroatoms. The minimum Gasteiger partial charge on any atom is -0.370 e. The summed E-state index contributed by atoms with van der Waals surface area (Å²) >= 11 is 0. The minimum atomic E-state index is -0.225. The van der Waals surface area contributed by atoms with Gasteiger partial charge in [0.2, 0.25) is 0 Å². The van der Waals surface area contributed by atoms with Crippen LogP contribution in [0.1, 0.15) is 12.5 Å². The highest BCUT2D eigenvalue weighted by Gasteiger charge is 2.02. The molecule has 1 aromatic rings. The lowest BCUT2D eigenvalue weighted by molar-refractivity contribution is 0.492. The molecule has 0 aliphatic rings. The lowest BCUT2D eigenvalue weighted by Gasteiger charge is -2.17. The van der Waals surface area contributed by atoms with Gasteiger partial charge < -0.3 is 10.6 Å². The van der Waals surface area contributed by atoms with Crippen LogP contribution in [0.3, 0.4) is 0 Å². The molecular formula is C11H17FIN3. The molecule has 0 unspecified atom stereocenters. The first kappa shape index (κ1) is 15.2. The maximum absolute atomic E-state index is 12.6. The molecule has 3 nitrogen and oxygen atoms in total. The van der Waals surface area contributed by atoms with E-state index in [9.17, 15) is 4.39 Å². The first-order valence-corrected chi connectivity index (χ1v) is 4.89. The number of halogens is 2. The van der Waals surface area contributed by atoms with E-state index in [1.165, 1.54) is 12.1 Å². The van der Waals surface area contributed by atoms with E-state index in [1.54, 1.807) is 12.1 Å². The third-order valence-electron chi connectivity index (χ3n) is 2.04. The summed E-state index contributed by atoms with van der Waals surface area (Å²) in [7, 11) is 1.86. The van der Waals surface area contributed by atoms with Gasteiger partial charge >= 0.3 is 0 Å². The Morgan fingerprint density at radius 2 is 1.94 bits per heavy atom. The quantitative estimate of drug-likeness (QED) is 0.522. The molecule has 0 atom stereocenters. The summed E-state index contributed by atoms with van der Waals surface area (Å²) in [5.74, 6) is 0.276. The van der Waals surface area contributed by atoms with Gasteiger partial charge in [-0.3, -0.25) is 4.99 Å². The topological polar surface area (TPSA) is 41.6 Å². The zero-order valence-electron chi connectivity index (χ0n) is 9.48. The number of hydrogen-bond donors (Lipinski definition) is 1. The maximum atomic E-state index is 12.6. The lowest BCUT2D eigenvalue weighted by Crippen LogP contribution is -2.33. The molecule has 16 heavy (non-hydrogen) atoms. The van der Waals surface area contributed by atoms with Crippen molar-refractivity contribution in [3.8, 4) is 0 Å². The van der Waals surface area contributed by atoms with Crippen LogP contribution in [0, 0.1) is 5.82 Å². The SMILES string of the molecule is CCN=C(N)N(C)Cc1ccc(F)cc1.I. The third-order valence-corrected chi connectivity index (χ3v) is 2.04. The standard InChI is InChI=1S/C11H16FN3.HI/c1-3-14-11(13)15(2)8-9-4-6-10(12)7-5-9;/h4-7H,3,8H2,1-2H3,(H2,13,14);1H. The van der Waals surface area contributed by atoms with E-state index in [1.807, 2.05) is 18.9 Å². The Morgan fingerprint density at radius 3 is 2.44 bits per heavy atom. The zero-order chi connectivity index (χ0) is 11.3. The van der Waals surface area contributed by atoms with Gasteiger partial charge in [-0.1, -0.05) is 12.1 Å². The number of rotatable bonds is 3. The first-order chi connectivity index (χ1) is 7.13. The largest absolute Gasteiger partial charge is 0.370 e. The normalized spacial score (nSPS) is 10.8. The van der Waals surface area contributed by atoms with Crippen LogP contribution < -0.4 is 5.73 Å². The van der Waals surface area contributed by atoms with Crippen LogP contribution in [0.4, 0.5) is 4.39 Å². The number of nitrogens with two attached hydrogens (primary N) is 1. The number of guanidine groups is 1. The molecule has 0 spiro atoms. The van der Waals surface area contributed by atoms with E-state index < -0.39 is 0 Å². The highest BCUT2D eigenvalue weighted by atomic mass is 127. The first-order valence-electron chi connectivity index (χ1n) is 4.89. The van der Waals surface area contributed by atoms with Crippen molar-refractivity contribution in [1.82, 2.24) is 4.90 Å². The van der Waals surface area contributed by atoms with Gasteiger partial charge in [0.05, 0.1) is 0 Å². The van der Waals surface area contributed by atoms with E-state index in [0.29, 0.717) is 19.0 Å². The summed E-state index contributed by atoms with van der Waals surface area (Å²) in [6.07, 6.45) is 0. The van der Waals surface area contributed by atoms with Gasteiger partial charge in [-0.25, -0.2) is 4.39 Å². The fourth-order valence-corrected chi connectivity index (χ4v) is 1.23. The van der Waals surface area contributed by atoms with Crippen molar-refractivity contribution >= 4 is 29.9 Å². The summed E-state index contributed by atoms with van der Waals surface area (Å²) < 4.78 is 12.6. The van der Waals surface area contributed by atoms with E-state index >= 15 is 0 Å². The van der Waals surface area contributed by atoms with Crippen molar-refractivity contribution in [3.63, 3.8) is 0 Å². The van der Waals surface area contributed by atoms with E-state index in [2.05, 4.69) is 4.99 Å². The van der Waals surface area contributed by atoms with Crippen LogP contribution in [0.15, 0.2) is 29.3 Å². The van der Waals surface area contributed by atoms with Gasteiger partial charge in [0.15, 0.2) is 5.96 Å². The fourth-order valence-electron chi connectivity index (χ4n) is 1.23. The van der Waals surface area contributed by atoms with Crippen molar-refractivity contribution in [2.45, 2.75) is 13.5 Å². The Hall–Kier alpha value is -0.850. The van der Waals surface area contributed by atoms with Crippen molar-refractivity contribution in [2.75, 3.05) is 13.6 Å². The van der Waals surface area contributed by atoms with Crippen LogP contribution in [-0.4, -0.2) is 24.5 Å². The van der Waals surface area contributed by atoms with Crippen molar-refractivity contribution in [2.24, 2.45) is 10.7 Å². The molecule has 0 aromatic heterocycles. The van der Waals surface area contributed by atoms with Gasteiger partial charge in [0.25, 0.3) is 0 Å². The molecule has 2 N–H and O–H groups in total. The molecule has 0 saturated heterocycles. The van der Waals surface area contributed by atoms with Crippen LogP contribution in [0.25, 0.3) is 0 Å². The number of aliphatic imine (C=N–C) groups is 1. The Kier molecular flexibility index (Phi) is 7.03. The summed E-state index contributed by atoms with van der Waals surface area (Å²) in [6.45, 7) is 3.23. The van der Waals surface area contributed by atoms with Crippen molar-refractivity contribution in [3.05, 3.63) is 35.6 Å². The fraction of sp³-hybridized carbons (Fsp3) is 0.364. The third kappa shape index (κ3) is 4.78. The van der Waals surface area contributed by atoms with Crippen LogP contribution >= 0.6 is 24.0 Å². The monoisotopic (exact) mass is 337 g/mol. The van der Waals surface area contributed by atoms with E-state index in [0.717, 1.165) is 5.56 Å². The average molecular weight is 337 g/mol. The molecule has 0 radical (unpaired) electrons. The predicted octanol–water partition coefficient (Wildman–Crippen LogP) is 2.21. The molecule has 0 saturated carbocycles. The highest BCUT2D eigenvalue weighted by Crippen LogP contribution is 2.05. The van der Waals surface area contributed by atoms with E-state index in [-0.39, 0.29) is 29.8 Å². The number of benzene rings is 1. The number of hydrogen-bond acceptors (Lipinski definition) is 1. The van der Waals surface area contributed by atoms with Gasteiger partial charge in [-0.15, -0.1) is 24.0 Å². The molecule has 0 aliphatic heterocycles. The highest BCUT2D eigenvalue weighted by molar-refractivity contribution is 14.0. The second-order valence-electron chi connectivity index (χ2n) is 3.32. The Balaban J connectivity index is 0.00000225. The van der Waals surface area contributed by atoms with Crippen LogP contribution in [-0.2, 0) is 6.54 Å². The second-order valence-corrected chi connectivity index (χ2v) is 3.32. The van der Waals surface area contributed by atoms with Gasteiger partial charge in [0.1, 0.15) is 5.82 Å². The second kappa shape index (κ2) is 7.43. The summed E-state index contributed by atoms with van der Waals surface area (Å²) in [4.78, 5) is 5.91. The smallest absolute Gasteiger partial charge is 0.191 e.